The molecule has 4 aromatic rings. The molecule has 186 valence electrons. The van der Waals surface area contributed by atoms with Gasteiger partial charge in [-0.3, -0.25) is 0 Å². The fraction of sp³-hybridized carbons (Fsp3) is 0.258. The molecular formula is C31H29ClN4S. The van der Waals surface area contributed by atoms with Crippen LogP contribution in [0.1, 0.15) is 54.0 Å². The molecule has 1 N–H and O–H groups in total. The summed E-state index contributed by atoms with van der Waals surface area (Å²) in [7, 11) is 0. The maximum atomic E-state index is 6.34. The van der Waals surface area contributed by atoms with E-state index in [0.717, 1.165) is 28.8 Å². The standard InChI is InChI=1S/C31H29ClN4S/c1-21-26-27(23-14-16-24(32)17-15-23)28-30(33-29(26)36(34-21)25-12-6-3-7-13-25)35(20-22-10-4-2-5-11-22)31(37-28)18-8-9-19-31/h2-7,10-17,27,33H,8-9,18-20H2,1H3. The third-order valence-corrected chi connectivity index (χ3v) is 9.87. The van der Waals surface area contributed by atoms with Gasteiger partial charge in [0.15, 0.2) is 0 Å². The van der Waals surface area contributed by atoms with Crippen LogP contribution in [0.4, 0.5) is 5.82 Å². The predicted octanol–water partition coefficient (Wildman–Crippen LogP) is 8.08. The van der Waals surface area contributed by atoms with Crippen LogP contribution in [-0.4, -0.2) is 19.6 Å². The Balaban J connectivity index is 1.42. The van der Waals surface area contributed by atoms with Crippen molar-refractivity contribution in [3.8, 4) is 5.69 Å². The van der Waals surface area contributed by atoms with Crippen LogP contribution < -0.4 is 5.32 Å². The van der Waals surface area contributed by atoms with Gasteiger partial charge in [0, 0.05) is 28.0 Å². The van der Waals surface area contributed by atoms with Gasteiger partial charge in [-0.25, -0.2) is 4.68 Å². The van der Waals surface area contributed by atoms with Crippen molar-refractivity contribution in [3.05, 3.63) is 123 Å². The summed E-state index contributed by atoms with van der Waals surface area (Å²) in [5, 5.41) is 9.76. The number of nitrogens with zero attached hydrogens (tertiary/aromatic N) is 3. The van der Waals surface area contributed by atoms with Crippen LogP contribution in [-0.2, 0) is 6.54 Å². The SMILES string of the molecule is Cc1nn(-c2ccccc2)c2c1C(c1ccc(Cl)cc1)C1=C(N2)N(Cc2ccccc2)C2(CCCC2)S1. The average Bonchev–Trinajstić information content (AvgIpc) is 3.62. The van der Waals surface area contributed by atoms with E-state index in [9.17, 15) is 0 Å². The fourth-order valence-corrected chi connectivity index (χ4v) is 8.16. The summed E-state index contributed by atoms with van der Waals surface area (Å²) in [6.07, 6.45) is 4.95. The van der Waals surface area contributed by atoms with Gasteiger partial charge in [-0.05, 0) is 55.2 Å². The molecule has 1 saturated carbocycles. The molecule has 0 radical (unpaired) electrons. The molecule has 1 aliphatic carbocycles. The largest absolute Gasteiger partial charge is 0.338 e. The van der Waals surface area contributed by atoms with Crippen molar-refractivity contribution < 1.29 is 0 Å². The number of aromatic nitrogens is 2. The highest BCUT2D eigenvalue weighted by Crippen LogP contribution is 2.62. The van der Waals surface area contributed by atoms with E-state index in [2.05, 4.69) is 106 Å². The third-order valence-electron chi connectivity index (χ3n) is 7.96. The minimum atomic E-state index is 0.0839. The maximum absolute atomic E-state index is 6.34. The molecule has 37 heavy (non-hydrogen) atoms. The van der Waals surface area contributed by atoms with Crippen LogP contribution in [0.3, 0.4) is 0 Å². The Labute approximate surface area is 227 Å². The number of nitrogens with one attached hydrogen (secondary N) is 1. The van der Waals surface area contributed by atoms with E-state index >= 15 is 0 Å². The summed E-state index contributed by atoms with van der Waals surface area (Å²) in [5.41, 5.74) is 5.98. The van der Waals surface area contributed by atoms with Gasteiger partial charge in [0.25, 0.3) is 0 Å². The van der Waals surface area contributed by atoms with E-state index in [1.54, 1.807) is 0 Å². The van der Waals surface area contributed by atoms with E-state index in [4.69, 9.17) is 16.7 Å². The lowest BCUT2D eigenvalue weighted by molar-refractivity contribution is 0.224. The number of rotatable bonds is 4. The molecule has 1 spiro atoms. The van der Waals surface area contributed by atoms with Gasteiger partial charge in [0.1, 0.15) is 11.6 Å². The average molecular weight is 525 g/mol. The van der Waals surface area contributed by atoms with Crippen LogP contribution >= 0.6 is 23.4 Å². The molecule has 1 fully saturated rings. The molecule has 1 aromatic heterocycles. The Bertz CT molecular complexity index is 1470. The molecule has 0 saturated heterocycles. The Morgan fingerprint density at radius 1 is 0.946 bits per heavy atom. The van der Waals surface area contributed by atoms with Gasteiger partial charge >= 0.3 is 0 Å². The van der Waals surface area contributed by atoms with E-state index in [-0.39, 0.29) is 10.8 Å². The molecule has 3 aliphatic rings. The highest BCUT2D eigenvalue weighted by Gasteiger charge is 2.52. The second-order valence-corrected chi connectivity index (χ2v) is 12.1. The van der Waals surface area contributed by atoms with Crippen LogP contribution in [0.15, 0.2) is 95.7 Å². The normalized spacial score (nSPS) is 19.7. The van der Waals surface area contributed by atoms with Gasteiger partial charge in [0.2, 0.25) is 0 Å². The first-order valence-corrected chi connectivity index (χ1v) is 14.2. The van der Waals surface area contributed by atoms with Crippen molar-refractivity contribution in [1.82, 2.24) is 14.7 Å². The minimum absolute atomic E-state index is 0.0839. The highest BCUT2D eigenvalue weighted by molar-refractivity contribution is 8.04. The second-order valence-electron chi connectivity index (χ2n) is 10.2. The number of benzene rings is 3. The number of para-hydroxylation sites is 1. The molecule has 1 atom stereocenters. The van der Waals surface area contributed by atoms with E-state index < -0.39 is 0 Å². The monoisotopic (exact) mass is 524 g/mol. The lowest BCUT2D eigenvalue weighted by atomic mass is 9.88. The van der Waals surface area contributed by atoms with Gasteiger partial charge in [-0.1, -0.05) is 96.9 Å². The Kier molecular flexibility index (Phi) is 5.60. The first kappa shape index (κ1) is 23.0. The van der Waals surface area contributed by atoms with Crippen molar-refractivity contribution in [3.63, 3.8) is 0 Å². The van der Waals surface area contributed by atoms with Gasteiger partial charge in [0.05, 0.1) is 16.3 Å². The van der Waals surface area contributed by atoms with E-state index in [1.807, 2.05) is 12.1 Å². The summed E-state index contributed by atoms with van der Waals surface area (Å²) >= 11 is 8.42. The van der Waals surface area contributed by atoms with Gasteiger partial charge < -0.3 is 10.2 Å². The topological polar surface area (TPSA) is 33.1 Å². The summed E-state index contributed by atoms with van der Waals surface area (Å²) < 4.78 is 2.09. The molecule has 4 nitrogen and oxygen atoms in total. The molecule has 2 aliphatic heterocycles. The molecule has 1 unspecified atom stereocenters. The number of hydrogen-bond donors (Lipinski definition) is 1. The number of anilines is 1. The second kappa shape index (κ2) is 9.00. The minimum Gasteiger partial charge on any atom is -0.338 e. The first-order chi connectivity index (χ1) is 18.1. The fourth-order valence-electron chi connectivity index (χ4n) is 6.24. The molecule has 3 aromatic carbocycles. The number of aryl methyl sites for hydroxylation is 1. The number of thioether (sulfide) groups is 1. The number of fused-ring (bicyclic) bond motifs is 1. The summed E-state index contributed by atoms with van der Waals surface area (Å²) in [4.78, 5) is 4.16. The lowest BCUT2D eigenvalue weighted by Gasteiger charge is -2.38. The van der Waals surface area contributed by atoms with Crippen molar-refractivity contribution in [2.45, 2.75) is 49.9 Å². The van der Waals surface area contributed by atoms with E-state index in [0.29, 0.717) is 0 Å². The van der Waals surface area contributed by atoms with Gasteiger partial charge in [-0.2, -0.15) is 5.10 Å². The molecular weight excluding hydrogens is 496 g/mol. The molecule has 7 rings (SSSR count). The molecule has 0 amide bonds. The molecule has 6 heteroatoms. The first-order valence-electron chi connectivity index (χ1n) is 13.1. The summed E-state index contributed by atoms with van der Waals surface area (Å²) in [6.45, 7) is 3.03. The number of halogens is 1. The van der Waals surface area contributed by atoms with E-state index in [1.165, 1.54) is 53.1 Å². The molecule has 0 bridgehead atoms. The van der Waals surface area contributed by atoms with Gasteiger partial charge in [-0.15, -0.1) is 0 Å². The quantitative estimate of drug-likeness (QED) is 0.292. The highest BCUT2D eigenvalue weighted by atomic mass is 35.5. The van der Waals surface area contributed by atoms with Crippen LogP contribution in [0.5, 0.6) is 0 Å². The van der Waals surface area contributed by atoms with Crippen LogP contribution in [0.25, 0.3) is 5.69 Å². The predicted molar refractivity (Wildman–Crippen MR) is 153 cm³/mol. The van der Waals surface area contributed by atoms with Crippen LogP contribution in [0, 0.1) is 6.92 Å². The Hall–Kier alpha value is -3.15. The van der Waals surface area contributed by atoms with Crippen molar-refractivity contribution >= 4 is 29.2 Å². The lowest BCUT2D eigenvalue weighted by Crippen LogP contribution is -2.41. The third kappa shape index (κ3) is 3.79. The Morgan fingerprint density at radius 3 is 2.32 bits per heavy atom. The zero-order valence-corrected chi connectivity index (χ0v) is 22.4. The van der Waals surface area contributed by atoms with Crippen molar-refractivity contribution in [1.29, 1.82) is 0 Å². The van der Waals surface area contributed by atoms with Crippen molar-refractivity contribution in [2.24, 2.45) is 0 Å². The summed E-state index contributed by atoms with van der Waals surface area (Å²) in [5.74, 6) is 2.42. The van der Waals surface area contributed by atoms with Crippen LogP contribution in [0.2, 0.25) is 5.02 Å². The summed E-state index contributed by atoms with van der Waals surface area (Å²) in [6, 6.07) is 29.7. The number of allylic oxidation sites excluding steroid dienone is 1. The Morgan fingerprint density at radius 2 is 1.62 bits per heavy atom. The zero-order valence-electron chi connectivity index (χ0n) is 20.8. The number of hydrogen-bond acceptors (Lipinski definition) is 4. The van der Waals surface area contributed by atoms with Crippen molar-refractivity contribution in [2.75, 3.05) is 5.32 Å². The smallest absolute Gasteiger partial charge is 0.139 e. The molecule has 3 heterocycles. The zero-order chi connectivity index (χ0) is 25.0. The maximum Gasteiger partial charge on any atom is 0.139 e.